The van der Waals surface area contributed by atoms with E-state index in [9.17, 15) is 13.2 Å². The summed E-state index contributed by atoms with van der Waals surface area (Å²) in [6.07, 6.45) is 3.50. The van der Waals surface area contributed by atoms with Crippen LogP contribution in [0.25, 0.3) is 0 Å². The van der Waals surface area contributed by atoms with E-state index in [1.165, 1.54) is 6.33 Å². The molecule has 0 radical (unpaired) electrons. The van der Waals surface area contributed by atoms with Crippen LogP contribution in [0.5, 0.6) is 0 Å². The van der Waals surface area contributed by atoms with Crippen molar-refractivity contribution in [2.45, 2.75) is 18.6 Å². The minimum atomic E-state index is -3.80. The van der Waals surface area contributed by atoms with E-state index in [0.717, 1.165) is 12.6 Å². The lowest BCUT2D eigenvalue weighted by Gasteiger charge is -2.09. The Kier molecular flexibility index (Phi) is 4.02. The summed E-state index contributed by atoms with van der Waals surface area (Å²) >= 11 is 0. The Morgan fingerprint density at radius 2 is 2.38 bits per heavy atom. The molecule has 1 aromatic heterocycles. The molecule has 1 aromatic rings. The van der Waals surface area contributed by atoms with Gasteiger partial charge in [-0.15, -0.1) is 0 Å². The average molecular weight is 247 g/mol. The Bertz CT molecular complexity index is 440. The van der Waals surface area contributed by atoms with E-state index in [1.54, 1.807) is 6.20 Å². The highest BCUT2D eigenvalue weighted by atomic mass is 32.2. The van der Waals surface area contributed by atoms with E-state index in [0.29, 0.717) is 6.42 Å². The molecule has 1 rings (SSSR count). The first kappa shape index (κ1) is 12.7. The Morgan fingerprint density at radius 3 is 2.88 bits per heavy atom. The van der Waals surface area contributed by atoms with Gasteiger partial charge in [0.05, 0.1) is 6.33 Å². The van der Waals surface area contributed by atoms with Crippen LogP contribution < -0.4 is 4.72 Å². The molecule has 8 heteroatoms. The molecular weight excluding hydrogens is 234 g/mol. The standard InChI is InChI=1S/C8H13N3O4S/c1-6(8(12)13)16(14,15)11-3-2-7-4-9-5-10-7/h4-6,11H,2-3H2,1H3,(H,9,10)(H,12,13). The van der Waals surface area contributed by atoms with Crippen LogP contribution in [0.2, 0.25) is 0 Å². The molecule has 0 saturated heterocycles. The molecule has 3 N–H and O–H groups in total. The lowest BCUT2D eigenvalue weighted by atomic mass is 10.3. The van der Waals surface area contributed by atoms with Crippen molar-refractivity contribution in [1.29, 1.82) is 0 Å². The fourth-order valence-corrected chi connectivity index (χ4v) is 1.91. The van der Waals surface area contributed by atoms with Gasteiger partial charge in [-0.1, -0.05) is 0 Å². The molecule has 1 atom stereocenters. The minimum absolute atomic E-state index is 0.141. The number of aromatic nitrogens is 2. The number of carboxylic acids is 1. The zero-order valence-corrected chi connectivity index (χ0v) is 9.49. The Morgan fingerprint density at radius 1 is 1.69 bits per heavy atom. The molecule has 1 unspecified atom stereocenters. The molecule has 90 valence electrons. The fourth-order valence-electron chi connectivity index (χ4n) is 1.01. The van der Waals surface area contributed by atoms with Gasteiger partial charge in [-0.05, 0) is 6.92 Å². The molecular formula is C8H13N3O4S. The number of sulfonamides is 1. The van der Waals surface area contributed by atoms with Crippen LogP contribution in [0.3, 0.4) is 0 Å². The van der Waals surface area contributed by atoms with Crippen molar-refractivity contribution in [3.63, 3.8) is 0 Å². The molecule has 16 heavy (non-hydrogen) atoms. The third kappa shape index (κ3) is 3.31. The summed E-state index contributed by atoms with van der Waals surface area (Å²) in [5.41, 5.74) is 0.783. The maximum atomic E-state index is 11.4. The van der Waals surface area contributed by atoms with E-state index in [2.05, 4.69) is 14.7 Å². The van der Waals surface area contributed by atoms with Gasteiger partial charge in [0.25, 0.3) is 0 Å². The van der Waals surface area contributed by atoms with Gasteiger partial charge in [-0.3, -0.25) is 4.79 Å². The van der Waals surface area contributed by atoms with E-state index in [4.69, 9.17) is 5.11 Å². The summed E-state index contributed by atoms with van der Waals surface area (Å²) in [5.74, 6) is -1.37. The number of hydrogen-bond acceptors (Lipinski definition) is 4. The number of imidazole rings is 1. The van der Waals surface area contributed by atoms with Gasteiger partial charge in [0.15, 0.2) is 5.25 Å². The van der Waals surface area contributed by atoms with Gasteiger partial charge in [0.2, 0.25) is 10.0 Å². The predicted molar refractivity (Wildman–Crippen MR) is 56.3 cm³/mol. The first-order valence-corrected chi connectivity index (χ1v) is 6.16. The van der Waals surface area contributed by atoms with E-state index in [-0.39, 0.29) is 6.54 Å². The number of aromatic amines is 1. The van der Waals surface area contributed by atoms with Crippen molar-refractivity contribution >= 4 is 16.0 Å². The first-order valence-electron chi connectivity index (χ1n) is 4.62. The molecule has 0 aliphatic carbocycles. The van der Waals surface area contributed by atoms with Crippen LogP contribution in [0.1, 0.15) is 12.6 Å². The van der Waals surface area contributed by atoms with Gasteiger partial charge in [-0.25, -0.2) is 18.1 Å². The first-order chi connectivity index (χ1) is 7.43. The molecule has 0 amide bonds. The third-order valence-corrected chi connectivity index (χ3v) is 3.80. The Labute approximate surface area is 93.0 Å². The number of nitrogens with zero attached hydrogens (tertiary/aromatic N) is 1. The molecule has 7 nitrogen and oxygen atoms in total. The smallest absolute Gasteiger partial charge is 0.323 e. The highest BCUT2D eigenvalue weighted by Crippen LogP contribution is 1.99. The van der Waals surface area contributed by atoms with Crippen LogP contribution >= 0.6 is 0 Å². The van der Waals surface area contributed by atoms with Crippen molar-refractivity contribution in [3.8, 4) is 0 Å². The highest BCUT2D eigenvalue weighted by molar-refractivity contribution is 7.90. The number of carbonyl (C=O) groups is 1. The third-order valence-electron chi connectivity index (χ3n) is 2.07. The van der Waals surface area contributed by atoms with E-state index in [1.807, 2.05) is 0 Å². The second kappa shape index (κ2) is 5.08. The number of nitrogens with one attached hydrogen (secondary N) is 2. The number of aliphatic carboxylic acids is 1. The van der Waals surface area contributed by atoms with E-state index >= 15 is 0 Å². The summed E-state index contributed by atoms with van der Waals surface area (Å²) in [4.78, 5) is 17.1. The zero-order chi connectivity index (χ0) is 12.2. The van der Waals surface area contributed by atoms with Crippen molar-refractivity contribution in [1.82, 2.24) is 14.7 Å². The number of carboxylic acid groups (broad SMARTS) is 1. The number of hydrogen-bond donors (Lipinski definition) is 3. The van der Waals surface area contributed by atoms with Crippen molar-refractivity contribution in [3.05, 3.63) is 18.2 Å². The topological polar surface area (TPSA) is 112 Å². The lowest BCUT2D eigenvalue weighted by molar-refractivity contribution is -0.136. The maximum absolute atomic E-state index is 11.4. The summed E-state index contributed by atoms with van der Waals surface area (Å²) < 4.78 is 25.0. The second-order valence-corrected chi connectivity index (χ2v) is 5.33. The van der Waals surface area contributed by atoms with Gasteiger partial charge < -0.3 is 10.1 Å². The van der Waals surface area contributed by atoms with Crippen LogP contribution in [-0.4, -0.2) is 41.3 Å². The monoisotopic (exact) mass is 247 g/mol. The molecule has 0 aliphatic rings. The van der Waals surface area contributed by atoms with Crippen LogP contribution in [0, 0.1) is 0 Å². The quantitative estimate of drug-likeness (QED) is 0.618. The maximum Gasteiger partial charge on any atom is 0.323 e. The second-order valence-electron chi connectivity index (χ2n) is 3.25. The van der Waals surface area contributed by atoms with Crippen LogP contribution in [0.15, 0.2) is 12.5 Å². The van der Waals surface area contributed by atoms with Crippen molar-refractivity contribution < 1.29 is 18.3 Å². The predicted octanol–water partition coefficient (Wildman–Crippen LogP) is -0.655. The summed E-state index contributed by atoms with van der Waals surface area (Å²) in [7, 11) is -3.80. The Balaban J connectivity index is 2.46. The molecule has 0 bridgehead atoms. The number of rotatable bonds is 6. The van der Waals surface area contributed by atoms with Gasteiger partial charge in [0, 0.05) is 24.9 Å². The zero-order valence-electron chi connectivity index (χ0n) is 8.67. The summed E-state index contributed by atoms with van der Waals surface area (Å²) in [6, 6.07) is 0. The van der Waals surface area contributed by atoms with E-state index < -0.39 is 21.2 Å². The van der Waals surface area contributed by atoms with Gasteiger partial charge >= 0.3 is 5.97 Å². The summed E-state index contributed by atoms with van der Waals surface area (Å²) in [5, 5.41) is 7.12. The molecule has 0 aliphatic heterocycles. The molecule has 1 heterocycles. The van der Waals surface area contributed by atoms with Gasteiger partial charge in [0.1, 0.15) is 0 Å². The Hall–Kier alpha value is -1.41. The SMILES string of the molecule is CC(C(=O)O)S(=O)(=O)NCCc1cnc[nH]1. The normalized spacial score (nSPS) is 13.6. The van der Waals surface area contributed by atoms with Crippen LogP contribution in [0.4, 0.5) is 0 Å². The number of H-pyrrole nitrogens is 1. The van der Waals surface area contributed by atoms with Crippen LogP contribution in [-0.2, 0) is 21.2 Å². The van der Waals surface area contributed by atoms with Crippen molar-refractivity contribution in [2.75, 3.05) is 6.54 Å². The van der Waals surface area contributed by atoms with Gasteiger partial charge in [-0.2, -0.15) is 0 Å². The summed E-state index contributed by atoms with van der Waals surface area (Å²) in [6.45, 7) is 1.27. The molecule has 0 aromatic carbocycles. The molecule has 0 fully saturated rings. The van der Waals surface area contributed by atoms with Crippen molar-refractivity contribution in [2.24, 2.45) is 0 Å². The lowest BCUT2D eigenvalue weighted by Crippen LogP contribution is -2.38. The average Bonchev–Trinajstić information content (AvgIpc) is 2.69. The fraction of sp³-hybridized carbons (Fsp3) is 0.500. The molecule has 0 saturated carbocycles. The minimum Gasteiger partial charge on any atom is -0.480 e. The molecule has 0 spiro atoms. The largest absolute Gasteiger partial charge is 0.480 e. The highest BCUT2D eigenvalue weighted by Gasteiger charge is 2.26.